The van der Waals surface area contributed by atoms with Crippen LogP contribution in [0.5, 0.6) is 5.75 Å². The Bertz CT molecular complexity index is 466. The Kier molecular flexibility index (Phi) is 7.44. The van der Waals surface area contributed by atoms with E-state index in [1.165, 1.54) is 51.4 Å². The molecule has 0 aromatic heterocycles. The third kappa shape index (κ3) is 5.89. The summed E-state index contributed by atoms with van der Waals surface area (Å²) >= 11 is 0. The molecular formula is C20H30O3. The first-order valence-corrected chi connectivity index (χ1v) is 9.17. The Balaban J connectivity index is 1.70. The Morgan fingerprint density at radius 3 is 2.26 bits per heavy atom. The van der Waals surface area contributed by atoms with Crippen molar-refractivity contribution in [1.82, 2.24) is 0 Å². The summed E-state index contributed by atoms with van der Waals surface area (Å²) in [7, 11) is 0. The van der Waals surface area contributed by atoms with E-state index in [1.807, 2.05) is 0 Å². The quantitative estimate of drug-likeness (QED) is 0.608. The highest BCUT2D eigenvalue weighted by Gasteiger charge is 2.23. The average molecular weight is 318 g/mol. The molecule has 0 radical (unpaired) electrons. The number of hydrogen-bond donors (Lipinski definition) is 1. The lowest BCUT2D eigenvalue weighted by Crippen LogP contribution is -2.20. The van der Waals surface area contributed by atoms with E-state index in [-0.39, 0.29) is 0 Å². The van der Waals surface area contributed by atoms with Crippen LogP contribution in [0.25, 0.3) is 0 Å². The zero-order valence-electron chi connectivity index (χ0n) is 14.3. The van der Waals surface area contributed by atoms with Crippen molar-refractivity contribution in [3.05, 3.63) is 29.8 Å². The highest BCUT2D eigenvalue weighted by Crippen LogP contribution is 2.36. The normalized spacial score (nSPS) is 21.1. The summed E-state index contributed by atoms with van der Waals surface area (Å²) in [6.07, 6.45) is 12.0. The molecule has 2 rings (SSSR count). The molecule has 0 saturated heterocycles. The first kappa shape index (κ1) is 17.8. The Labute approximate surface area is 140 Å². The van der Waals surface area contributed by atoms with Crippen LogP contribution >= 0.6 is 0 Å². The van der Waals surface area contributed by atoms with Gasteiger partial charge in [0.15, 0.2) is 0 Å². The van der Waals surface area contributed by atoms with Gasteiger partial charge in [0.2, 0.25) is 0 Å². The van der Waals surface area contributed by atoms with Gasteiger partial charge < -0.3 is 9.84 Å². The highest BCUT2D eigenvalue weighted by atomic mass is 16.5. The van der Waals surface area contributed by atoms with E-state index in [9.17, 15) is 4.79 Å². The minimum Gasteiger partial charge on any atom is -0.494 e. The monoisotopic (exact) mass is 318 g/mol. The third-order valence-electron chi connectivity index (χ3n) is 5.08. The molecule has 0 amide bonds. The van der Waals surface area contributed by atoms with Gasteiger partial charge in [-0.2, -0.15) is 0 Å². The molecule has 0 aliphatic heterocycles. The van der Waals surface area contributed by atoms with Crippen molar-refractivity contribution in [1.29, 1.82) is 0 Å². The number of hydrogen-bond acceptors (Lipinski definition) is 2. The van der Waals surface area contributed by atoms with Gasteiger partial charge in [0, 0.05) is 0 Å². The van der Waals surface area contributed by atoms with E-state index >= 15 is 0 Å². The fraction of sp³-hybridized carbons (Fsp3) is 0.650. The summed E-state index contributed by atoms with van der Waals surface area (Å²) in [5.74, 6) is 1.68. The van der Waals surface area contributed by atoms with Crippen LogP contribution in [-0.2, 0) is 0 Å². The molecule has 1 aliphatic carbocycles. The van der Waals surface area contributed by atoms with E-state index in [2.05, 4.69) is 6.92 Å². The highest BCUT2D eigenvalue weighted by molar-refractivity contribution is 5.87. The first-order chi connectivity index (χ1) is 11.2. The third-order valence-corrected chi connectivity index (χ3v) is 5.08. The number of carbonyl (C=O) groups is 1. The lowest BCUT2D eigenvalue weighted by atomic mass is 9.75. The smallest absolute Gasteiger partial charge is 0.335 e. The summed E-state index contributed by atoms with van der Waals surface area (Å²) in [6.45, 7) is 3.00. The molecular weight excluding hydrogens is 288 g/mol. The van der Waals surface area contributed by atoms with E-state index in [0.717, 1.165) is 30.6 Å². The van der Waals surface area contributed by atoms with Crippen molar-refractivity contribution >= 4 is 5.97 Å². The Hall–Kier alpha value is -1.51. The van der Waals surface area contributed by atoms with Crippen LogP contribution in [0.4, 0.5) is 0 Å². The van der Waals surface area contributed by atoms with Crippen LogP contribution in [0.15, 0.2) is 24.3 Å². The summed E-state index contributed by atoms with van der Waals surface area (Å²) in [5, 5.41) is 8.88. The SMILES string of the molecule is CCCCC1CCCCC1CCCOc1ccc(C(=O)O)cc1. The van der Waals surface area contributed by atoms with Crippen LogP contribution in [0.3, 0.4) is 0 Å². The van der Waals surface area contributed by atoms with Gasteiger partial charge in [-0.15, -0.1) is 0 Å². The number of unbranched alkanes of at least 4 members (excludes halogenated alkanes) is 1. The van der Waals surface area contributed by atoms with Gasteiger partial charge >= 0.3 is 5.97 Å². The van der Waals surface area contributed by atoms with E-state index in [1.54, 1.807) is 24.3 Å². The number of rotatable bonds is 9. The summed E-state index contributed by atoms with van der Waals surface area (Å²) in [5.41, 5.74) is 0.304. The van der Waals surface area contributed by atoms with Crippen LogP contribution in [-0.4, -0.2) is 17.7 Å². The lowest BCUT2D eigenvalue weighted by molar-refractivity contribution is 0.0697. The minimum atomic E-state index is -0.896. The van der Waals surface area contributed by atoms with E-state index in [0.29, 0.717) is 5.56 Å². The Morgan fingerprint density at radius 2 is 1.70 bits per heavy atom. The van der Waals surface area contributed by atoms with Crippen molar-refractivity contribution < 1.29 is 14.6 Å². The summed E-state index contributed by atoms with van der Waals surface area (Å²) < 4.78 is 5.76. The molecule has 2 unspecified atom stereocenters. The molecule has 2 atom stereocenters. The molecule has 3 heteroatoms. The first-order valence-electron chi connectivity index (χ1n) is 9.17. The fourth-order valence-electron chi connectivity index (χ4n) is 3.74. The molecule has 1 fully saturated rings. The second kappa shape index (κ2) is 9.59. The van der Waals surface area contributed by atoms with Crippen molar-refractivity contribution in [2.45, 2.75) is 64.7 Å². The van der Waals surface area contributed by atoms with Crippen LogP contribution in [0.2, 0.25) is 0 Å². The molecule has 23 heavy (non-hydrogen) atoms. The molecule has 1 N–H and O–H groups in total. The second-order valence-electron chi connectivity index (χ2n) is 6.77. The standard InChI is InChI=1S/C20H30O3/c1-2-3-7-16-8-4-5-9-17(16)10-6-15-23-19-13-11-18(12-14-19)20(21)22/h11-14,16-17H,2-10,15H2,1H3,(H,21,22). The average Bonchev–Trinajstić information content (AvgIpc) is 2.58. The number of carboxylic acid groups (broad SMARTS) is 1. The van der Waals surface area contributed by atoms with Crippen LogP contribution in [0, 0.1) is 11.8 Å². The molecule has 0 spiro atoms. The van der Waals surface area contributed by atoms with Crippen molar-refractivity contribution in [3.63, 3.8) is 0 Å². The van der Waals surface area contributed by atoms with Crippen LogP contribution in [0.1, 0.15) is 75.1 Å². The molecule has 1 aromatic rings. The van der Waals surface area contributed by atoms with Crippen LogP contribution < -0.4 is 4.74 Å². The van der Waals surface area contributed by atoms with E-state index < -0.39 is 5.97 Å². The van der Waals surface area contributed by atoms with Crippen molar-refractivity contribution in [2.75, 3.05) is 6.61 Å². The second-order valence-corrected chi connectivity index (χ2v) is 6.77. The van der Waals surface area contributed by atoms with Crippen molar-refractivity contribution in [3.8, 4) is 5.75 Å². The summed E-state index contributed by atoms with van der Waals surface area (Å²) in [6, 6.07) is 6.68. The molecule has 1 aromatic carbocycles. The maximum Gasteiger partial charge on any atom is 0.335 e. The Morgan fingerprint density at radius 1 is 1.09 bits per heavy atom. The van der Waals surface area contributed by atoms with Gasteiger partial charge in [-0.05, 0) is 48.9 Å². The molecule has 128 valence electrons. The van der Waals surface area contributed by atoms with Gasteiger partial charge in [-0.3, -0.25) is 0 Å². The molecule has 0 bridgehead atoms. The predicted octanol–water partition coefficient (Wildman–Crippen LogP) is 5.54. The number of carboxylic acids is 1. The summed E-state index contributed by atoms with van der Waals surface area (Å²) in [4.78, 5) is 10.8. The molecule has 3 nitrogen and oxygen atoms in total. The molecule has 1 saturated carbocycles. The topological polar surface area (TPSA) is 46.5 Å². The van der Waals surface area contributed by atoms with Gasteiger partial charge in [0.1, 0.15) is 5.75 Å². The van der Waals surface area contributed by atoms with Gasteiger partial charge in [0.05, 0.1) is 12.2 Å². The lowest BCUT2D eigenvalue weighted by Gasteiger charge is -2.31. The largest absolute Gasteiger partial charge is 0.494 e. The zero-order valence-corrected chi connectivity index (χ0v) is 14.3. The molecule has 0 heterocycles. The maximum atomic E-state index is 10.8. The zero-order chi connectivity index (χ0) is 16.5. The number of benzene rings is 1. The predicted molar refractivity (Wildman–Crippen MR) is 93.1 cm³/mol. The van der Waals surface area contributed by atoms with Crippen molar-refractivity contribution in [2.24, 2.45) is 11.8 Å². The maximum absolute atomic E-state index is 10.8. The molecule has 1 aliphatic rings. The number of ether oxygens (including phenoxy) is 1. The van der Waals surface area contributed by atoms with Gasteiger partial charge in [-0.1, -0.05) is 51.9 Å². The fourth-order valence-corrected chi connectivity index (χ4v) is 3.74. The minimum absolute atomic E-state index is 0.304. The van der Waals surface area contributed by atoms with Gasteiger partial charge in [0.25, 0.3) is 0 Å². The van der Waals surface area contributed by atoms with Gasteiger partial charge in [-0.25, -0.2) is 4.79 Å². The number of aromatic carboxylic acids is 1. The van der Waals surface area contributed by atoms with E-state index in [4.69, 9.17) is 9.84 Å².